The van der Waals surface area contributed by atoms with Gasteiger partial charge in [0.1, 0.15) is 12.3 Å². The molecular weight excluding hydrogens is 390 g/mol. The summed E-state index contributed by atoms with van der Waals surface area (Å²) in [4.78, 5) is 18.9. The number of halogens is 1. The van der Waals surface area contributed by atoms with E-state index in [9.17, 15) is 4.79 Å². The number of methoxy groups -OCH3 is 1. The second kappa shape index (κ2) is 7.93. The number of benzene rings is 3. The summed E-state index contributed by atoms with van der Waals surface area (Å²) < 4.78 is 10.8. The number of aromatic nitrogens is 2. The number of hydrogen-bond acceptors (Lipinski definition) is 5. The Morgan fingerprint density at radius 1 is 1.10 bits per heavy atom. The van der Waals surface area contributed by atoms with E-state index < -0.39 is 0 Å². The highest BCUT2D eigenvalue weighted by molar-refractivity contribution is 6.30. The van der Waals surface area contributed by atoms with Crippen LogP contribution < -0.4 is 4.74 Å². The van der Waals surface area contributed by atoms with Crippen LogP contribution in [0.5, 0.6) is 5.75 Å². The Morgan fingerprint density at radius 2 is 1.79 bits per heavy atom. The van der Waals surface area contributed by atoms with Gasteiger partial charge in [-0.25, -0.2) is 0 Å². The number of carbonyl (C=O) groups excluding carboxylic acids is 1. The van der Waals surface area contributed by atoms with E-state index in [0.29, 0.717) is 28.1 Å². The third-order valence-corrected chi connectivity index (χ3v) is 4.84. The molecule has 0 unspecified atom stereocenters. The molecule has 4 aromatic rings. The van der Waals surface area contributed by atoms with E-state index in [2.05, 4.69) is 10.1 Å². The van der Waals surface area contributed by atoms with Crippen molar-refractivity contribution in [1.82, 2.24) is 15.0 Å². The van der Waals surface area contributed by atoms with Gasteiger partial charge in [-0.3, -0.25) is 4.79 Å². The molecule has 1 heterocycles. The van der Waals surface area contributed by atoms with Crippen molar-refractivity contribution in [3.63, 3.8) is 0 Å². The minimum absolute atomic E-state index is 0.176. The first kappa shape index (κ1) is 19.0. The summed E-state index contributed by atoms with van der Waals surface area (Å²) in [5, 5.41) is 6.59. The fourth-order valence-corrected chi connectivity index (χ4v) is 3.20. The second-order valence-electron chi connectivity index (χ2n) is 6.58. The summed E-state index contributed by atoms with van der Waals surface area (Å²) in [6.45, 7) is 0.176. The summed E-state index contributed by atoms with van der Waals surface area (Å²) in [6, 6.07) is 18.7. The molecule has 0 radical (unpaired) electrons. The normalized spacial score (nSPS) is 10.9. The zero-order valence-corrected chi connectivity index (χ0v) is 16.7. The molecule has 4 rings (SSSR count). The van der Waals surface area contributed by atoms with Crippen molar-refractivity contribution in [2.24, 2.45) is 0 Å². The molecule has 29 heavy (non-hydrogen) atoms. The summed E-state index contributed by atoms with van der Waals surface area (Å²) in [5.74, 6) is 1.11. The highest BCUT2D eigenvalue weighted by Crippen LogP contribution is 2.27. The number of hydrogen-bond donors (Lipinski definition) is 0. The Labute approximate surface area is 172 Å². The zero-order valence-electron chi connectivity index (χ0n) is 15.9. The van der Waals surface area contributed by atoms with E-state index in [1.165, 1.54) is 4.90 Å². The molecule has 0 saturated heterocycles. The quantitative estimate of drug-likeness (QED) is 0.474. The maximum atomic E-state index is 13.0. The Morgan fingerprint density at radius 3 is 2.48 bits per heavy atom. The zero-order chi connectivity index (χ0) is 20.4. The number of nitrogens with zero attached hydrogens (tertiary/aromatic N) is 3. The van der Waals surface area contributed by atoms with Crippen molar-refractivity contribution >= 4 is 28.3 Å². The van der Waals surface area contributed by atoms with Gasteiger partial charge in [0.15, 0.2) is 0 Å². The lowest BCUT2D eigenvalue weighted by Gasteiger charge is -2.17. The topological polar surface area (TPSA) is 68.5 Å². The summed E-state index contributed by atoms with van der Waals surface area (Å²) >= 11 is 5.91. The van der Waals surface area contributed by atoms with Gasteiger partial charge in [0.05, 0.1) is 12.7 Å². The van der Waals surface area contributed by atoms with Crippen LogP contribution >= 0.6 is 11.6 Å². The van der Waals surface area contributed by atoms with E-state index in [0.717, 1.165) is 16.3 Å². The number of carbonyl (C=O) groups is 1. The maximum Gasteiger partial charge on any atom is 0.257 e. The molecular formula is C22H18ClN3O3. The van der Waals surface area contributed by atoms with Crippen LogP contribution in [0.4, 0.5) is 0 Å². The van der Waals surface area contributed by atoms with Gasteiger partial charge in [0, 0.05) is 17.6 Å². The van der Waals surface area contributed by atoms with Gasteiger partial charge >= 0.3 is 0 Å². The molecule has 0 N–H and O–H groups in total. The predicted octanol–water partition coefficient (Wildman–Crippen LogP) is 4.82. The highest BCUT2D eigenvalue weighted by Gasteiger charge is 2.20. The van der Waals surface area contributed by atoms with Crippen LogP contribution in [-0.2, 0) is 6.54 Å². The summed E-state index contributed by atoms with van der Waals surface area (Å²) in [7, 11) is 3.24. The van der Waals surface area contributed by atoms with Crippen LogP contribution in [0, 0.1) is 0 Å². The lowest BCUT2D eigenvalue weighted by atomic mass is 10.0. The first-order valence-corrected chi connectivity index (χ1v) is 9.33. The Hall–Kier alpha value is -3.38. The average Bonchev–Trinajstić information content (AvgIpc) is 3.21. The third kappa shape index (κ3) is 3.93. The van der Waals surface area contributed by atoms with Crippen LogP contribution in [0.1, 0.15) is 16.2 Å². The summed E-state index contributed by atoms with van der Waals surface area (Å²) in [6.07, 6.45) is 0. The minimum atomic E-state index is -0.196. The molecule has 0 aliphatic heterocycles. The molecule has 0 aliphatic carbocycles. The lowest BCUT2D eigenvalue weighted by molar-refractivity contribution is 0.0766. The fraction of sp³-hybridized carbons (Fsp3) is 0.136. The molecule has 1 amide bonds. The molecule has 6 nitrogen and oxygen atoms in total. The van der Waals surface area contributed by atoms with Crippen molar-refractivity contribution in [1.29, 1.82) is 0 Å². The van der Waals surface area contributed by atoms with Gasteiger partial charge in [-0.15, -0.1) is 0 Å². The third-order valence-electron chi connectivity index (χ3n) is 4.59. The molecule has 7 heteroatoms. The van der Waals surface area contributed by atoms with E-state index in [-0.39, 0.29) is 12.5 Å². The first-order chi connectivity index (χ1) is 14.0. The monoisotopic (exact) mass is 407 g/mol. The van der Waals surface area contributed by atoms with Crippen molar-refractivity contribution in [3.8, 4) is 17.1 Å². The largest absolute Gasteiger partial charge is 0.496 e. The van der Waals surface area contributed by atoms with Crippen LogP contribution in [0.15, 0.2) is 65.2 Å². The minimum Gasteiger partial charge on any atom is -0.496 e. The SMILES string of the molecule is COc1cc2ccccc2cc1C(=O)N(C)Cc1nc(-c2ccc(Cl)cc2)no1. The Balaban J connectivity index is 1.56. The van der Waals surface area contributed by atoms with Gasteiger partial charge < -0.3 is 14.2 Å². The van der Waals surface area contributed by atoms with Gasteiger partial charge in [0.25, 0.3) is 5.91 Å². The van der Waals surface area contributed by atoms with Crippen molar-refractivity contribution < 1.29 is 14.1 Å². The number of ether oxygens (including phenoxy) is 1. The van der Waals surface area contributed by atoms with Crippen LogP contribution in [0.3, 0.4) is 0 Å². The average molecular weight is 408 g/mol. The first-order valence-electron chi connectivity index (χ1n) is 8.96. The smallest absolute Gasteiger partial charge is 0.257 e. The number of amides is 1. The molecule has 0 spiro atoms. The number of fused-ring (bicyclic) bond motifs is 1. The highest BCUT2D eigenvalue weighted by atomic mass is 35.5. The molecule has 0 bridgehead atoms. The molecule has 0 saturated carbocycles. The van der Waals surface area contributed by atoms with Gasteiger partial charge in [-0.05, 0) is 47.2 Å². The van der Waals surface area contributed by atoms with Crippen LogP contribution in [-0.4, -0.2) is 35.1 Å². The van der Waals surface area contributed by atoms with Gasteiger partial charge in [-0.2, -0.15) is 4.98 Å². The molecule has 3 aromatic carbocycles. The molecule has 1 aromatic heterocycles. The molecule has 0 atom stereocenters. The maximum absolute atomic E-state index is 13.0. The number of rotatable bonds is 5. The van der Waals surface area contributed by atoms with E-state index >= 15 is 0 Å². The van der Waals surface area contributed by atoms with Gasteiger partial charge in [-0.1, -0.05) is 41.0 Å². The predicted molar refractivity (Wildman–Crippen MR) is 111 cm³/mol. The van der Waals surface area contributed by atoms with Crippen LogP contribution in [0.25, 0.3) is 22.2 Å². The van der Waals surface area contributed by atoms with E-state index in [1.807, 2.05) is 48.5 Å². The molecule has 0 aliphatic rings. The Bertz CT molecular complexity index is 1170. The van der Waals surface area contributed by atoms with Crippen molar-refractivity contribution in [3.05, 3.63) is 77.1 Å². The second-order valence-corrected chi connectivity index (χ2v) is 7.02. The molecule has 146 valence electrons. The summed E-state index contributed by atoms with van der Waals surface area (Å²) in [5.41, 5.74) is 1.26. The molecule has 0 fully saturated rings. The lowest BCUT2D eigenvalue weighted by Crippen LogP contribution is -2.26. The fourth-order valence-electron chi connectivity index (χ4n) is 3.07. The Kier molecular flexibility index (Phi) is 5.18. The van der Waals surface area contributed by atoms with E-state index in [4.69, 9.17) is 20.9 Å². The van der Waals surface area contributed by atoms with Crippen molar-refractivity contribution in [2.45, 2.75) is 6.54 Å². The standard InChI is InChI=1S/C22H18ClN3O3/c1-26(13-20-24-21(25-29-20)14-7-9-17(23)10-8-14)22(27)18-11-15-5-3-4-6-16(15)12-19(18)28-2/h3-12H,13H2,1-2H3. The van der Waals surface area contributed by atoms with Gasteiger partial charge in [0.2, 0.25) is 11.7 Å². The van der Waals surface area contributed by atoms with Crippen molar-refractivity contribution in [2.75, 3.05) is 14.2 Å². The van der Waals surface area contributed by atoms with E-state index in [1.54, 1.807) is 26.3 Å². The van der Waals surface area contributed by atoms with Crippen LogP contribution in [0.2, 0.25) is 5.02 Å².